The van der Waals surface area contributed by atoms with Crippen LogP contribution in [0.4, 0.5) is 10.1 Å². The summed E-state index contributed by atoms with van der Waals surface area (Å²) in [5, 5.41) is 67.5. The van der Waals surface area contributed by atoms with Gasteiger partial charge in [-0.15, -0.1) is 4.91 Å². The van der Waals surface area contributed by atoms with Crippen molar-refractivity contribution in [3.8, 4) is 87.6 Å². The Kier molecular flexibility index (Phi) is 13.9. The van der Waals surface area contributed by atoms with E-state index in [0.717, 1.165) is 12.0 Å². The zero-order valence-electron chi connectivity index (χ0n) is 40.5. The molecule has 0 saturated carbocycles. The lowest BCUT2D eigenvalue weighted by Crippen LogP contribution is -2.17. The molecule has 1 amide bonds. The van der Waals surface area contributed by atoms with E-state index in [1.807, 2.05) is 25.1 Å². The van der Waals surface area contributed by atoms with E-state index >= 15 is 0 Å². The molecule has 0 spiro atoms. The first-order valence-corrected chi connectivity index (χ1v) is 23.5. The standard InChI is InChI=1S/C15H8N4O.C14H5FN4O.C13H2Cl2N4O.C13H7N5O2/c1-2-8-3-4-9-10(5-8)13-14(15(9)20)19-12(7-17)11(6-16)18-13;1-6-8(15)3-2-7-11(6)14(20)13-12(7)18-9(4-16)10(5-17)19-13;14-7-1-5-6(2-8(7)15)13(20)12-11(5)18-9(3-16)10(4-17)19-12;14-5-8-11(13(15)19)17-9-6-3-1-2-4-7(6)10(18-20)12(9)16-8/h3-5H,2H2,1H3;2-3H,1H3;1-2H;1-4,17H,(H2,15,19). The van der Waals surface area contributed by atoms with Gasteiger partial charge in [-0.2, -0.15) is 36.8 Å². The maximum atomic E-state index is 13.6. The molecule has 4 heterocycles. The van der Waals surface area contributed by atoms with Crippen molar-refractivity contribution in [2.75, 3.05) is 0 Å². The summed E-state index contributed by atoms with van der Waals surface area (Å²) in [6.45, 7) is 3.51. The molecule has 0 saturated heterocycles. The second-order valence-corrected chi connectivity index (χ2v) is 17.6. The van der Waals surface area contributed by atoms with Gasteiger partial charge in [0.15, 0.2) is 39.9 Å². The number of rotatable bonds is 3. The molecule has 4 aromatic carbocycles. The van der Waals surface area contributed by atoms with Gasteiger partial charge in [0.1, 0.15) is 99.5 Å². The molecule has 0 fully saturated rings. The smallest absolute Gasteiger partial charge is 0.268 e. The second kappa shape index (κ2) is 21.0. The lowest BCUT2D eigenvalue weighted by molar-refractivity contribution is 0.0991. The van der Waals surface area contributed by atoms with E-state index in [4.69, 9.17) is 65.8 Å². The molecule has 12 rings (SSSR count). The summed E-state index contributed by atoms with van der Waals surface area (Å²) in [6.07, 6.45) is 0.839. The van der Waals surface area contributed by atoms with Crippen LogP contribution in [-0.2, 0) is 6.42 Å². The number of nitroso groups, excluding NO2 is 1. The topological polar surface area (TPSA) is 396 Å². The van der Waals surface area contributed by atoms with Gasteiger partial charge < -0.3 is 10.7 Å². The molecule has 3 aromatic heterocycles. The molecule has 25 heteroatoms. The molecule has 1 aliphatic heterocycles. The summed E-state index contributed by atoms with van der Waals surface area (Å²) in [4.78, 5) is 90.0. The Balaban J connectivity index is 0.000000129. The fourth-order valence-electron chi connectivity index (χ4n) is 8.72. The zero-order valence-corrected chi connectivity index (χ0v) is 42.0. The third kappa shape index (κ3) is 8.73. The second-order valence-electron chi connectivity index (χ2n) is 16.8. The number of nitriles is 7. The molecule has 0 radical (unpaired) electrons. The lowest BCUT2D eigenvalue weighted by Gasteiger charge is -2.05. The molecule has 5 aliphatic rings. The predicted octanol–water partition coefficient (Wildman–Crippen LogP) is 8.65. The van der Waals surface area contributed by atoms with Crippen LogP contribution in [0.1, 0.15) is 117 Å². The van der Waals surface area contributed by atoms with Crippen LogP contribution < -0.4 is 5.73 Å². The number of nitrogens with two attached hydrogens (primary N) is 1. The van der Waals surface area contributed by atoms with Crippen LogP contribution in [0.3, 0.4) is 0 Å². The number of fused-ring (bicyclic) bond motifs is 12. The van der Waals surface area contributed by atoms with E-state index in [9.17, 15) is 28.5 Å². The van der Waals surface area contributed by atoms with E-state index in [1.165, 1.54) is 31.2 Å². The molecule has 4 aliphatic carbocycles. The Bertz CT molecular complexity index is 4620. The first-order chi connectivity index (χ1) is 38.5. The first-order valence-electron chi connectivity index (χ1n) is 22.7. The Morgan fingerprint density at radius 2 is 0.988 bits per heavy atom. The highest BCUT2D eigenvalue weighted by Crippen LogP contribution is 2.43. The minimum Gasteiger partial charge on any atom is -0.364 e. The zero-order chi connectivity index (χ0) is 57.4. The number of nitrogens with one attached hydrogen (secondary N) is 1. The van der Waals surface area contributed by atoms with Crippen LogP contribution in [0.2, 0.25) is 10.0 Å². The van der Waals surface area contributed by atoms with Crippen molar-refractivity contribution in [2.45, 2.75) is 20.3 Å². The number of nitrogens with zero attached hydrogens (tertiary/aromatic N) is 15. The normalized spacial score (nSPS) is 11.2. The van der Waals surface area contributed by atoms with Gasteiger partial charge >= 0.3 is 0 Å². The van der Waals surface area contributed by atoms with Gasteiger partial charge in [-0.05, 0) is 60.0 Å². The van der Waals surface area contributed by atoms with E-state index in [2.05, 4.69) is 45.0 Å². The van der Waals surface area contributed by atoms with Crippen molar-refractivity contribution in [3.05, 3.63) is 178 Å². The molecule has 22 nitrogen and oxygen atoms in total. The van der Waals surface area contributed by atoms with Crippen molar-refractivity contribution in [1.29, 1.82) is 36.8 Å². The maximum absolute atomic E-state index is 13.6. The Labute approximate surface area is 458 Å². The number of halogens is 3. The third-order valence-corrected chi connectivity index (χ3v) is 13.2. The van der Waals surface area contributed by atoms with Gasteiger partial charge in [-0.3, -0.25) is 19.2 Å². The third-order valence-electron chi connectivity index (χ3n) is 12.5. The Morgan fingerprint density at radius 1 is 0.562 bits per heavy atom. The van der Waals surface area contributed by atoms with Gasteiger partial charge in [0, 0.05) is 44.2 Å². The molecule has 80 heavy (non-hydrogen) atoms. The minimum atomic E-state index is -0.790. The van der Waals surface area contributed by atoms with E-state index < -0.39 is 17.5 Å². The number of aromatic nitrogens is 8. The monoisotopic (exact) mass is 1090 g/mol. The summed E-state index contributed by atoms with van der Waals surface area (Å²) in [5.41, 5.74) is 9.99. The maximum Gasteiger partial charge on any atom is 0.268 e. The number of hydrogen-bond acceptors (Lipinski definition) is 20. The summed E-state index contributed by atoms with van der Waals surface area (Å²) in [5.74, 6) is -2.39. The number of benzene rings is 4. The number of ketones is 3. The molecule has 0 bridgehead atoms. The van der Waals surface area contributed by atoms with Gasteiger partial charge in [-0.1, -0.05) is 66.5 Å². The van der Waals surface area contributed by atoms with Gasteiger partial charge in [0.2, 0.25) is 17.3 Å². The average Bonchev–Trinajstić information content (AvgIpc) is 4.14. The van der Waals surface area contributed by atoms with Gasteiger partial charge in [0.25, 0.3) is 5.91 Å². The number of aryl methyl sites for hydroxylation is 1. The molecular weight excluding hydrogens is 1070 g/mol. The number of carbonyl (C=O) groups excluding carboxylic acids is 4. The highest BCUT2D eigenvalue weighted by Gasteiger charge is 2.36. The van der Waals surface area contributed by atoms with Crippen LogP contribution in [0.25, 0.3) is 55.9 Å². The Hall–Kier alpha value is -11.9. The highest BCUT2D eigenvalue weighted by atomic mass is 35.5. The van der Waals surface area contributed by atoms with Gasteiger partial charge in [0.05, 0.1) is 15.7 Å². The molecular formula is C55H22Cl2FN17O5. The fourth-order valence-corrected chi connectivity index (χ4v) is 9.05. The lowest BCUT2D eigenvalue weighted by atomic mass is 10.0. The summed E-state index contributed by atoms with van der Waals surface area (Å²) < 4.78 is 13.6. The van der Waals surface area contributed by atoms with Crippen molar-refractivity contribution in [1.82, 2.24) is 39.9 Å². The fraction of sp³-hybridized carbons (Fsp3) is 0.0545. The van der Waals surface area contributed by atoms with E-state index in [0.29, 0.717) is 50.0 Å². The number of amides is 1. The molecule has 0 atom stereocenters. The highest BCUT2D eigenvalue weighted by molar-refractivity contribution is 6.43. The van der Waals surface area contributed by atoms with Crippen molar-refractivity contribution in [2.24, 2.45) is 10.9 Å². The Morgan fingerprint density at radius 3 is 1.48 bits per heavy atom. The SMILES string of the molecule is CCc1ccc2c(c1)-c1nc(C#N)c(C#N)nc1C2=O.Cc1c(F)ccc2c1C(=O)c1nc(C#N)c(C#N)nc1-2.N#Cc1nc2c(N=O)c3ccccc3c-2[nH]c1C(N)=O.N#Cc1nc2c(nc1C#N)-c1cc(Cl)c(Cl)cc1C2=O. The van der Waals surface area contributed by atoms with Crippen LogP contribution in [-0.4, -0.2) is 63.1 Å². The predicted molar refractivity (Wildman–Crippen MR) is 276 cm³/mol. The number of aromatic amines is 1. The van der Waals surface area contributed by atoms with Crippen molar-refractivity contribution in [3.63, 3.8) is 0 Å². The number of hydrogen-bond donors (Lipinski definition) is 2. The first kappa shape index (κ1) is 52.9. The molecule has 378 valence electrons. The quantitative estimate of drug-likeness (QED) is 0.156. The van der Waals surface area contributed by atoms with Crippen LogP contribution in [0.15, 0.2) is 71.9 Å². The largest absolute Gasteiger partial charge is 0.364 e. The number of primary amides is 1. The minimum absolute atomic E-state index is 0.00995. The average molecular weight is 1090 g/mol. The summed E-state index contributed by atoms with van der Waals surface area (Å²) in [7, 11) is 0. The van der Waals surface area contributed by atoms with Gasteiger partial charge in [-0.25, -0.2) is 39.3 Å². The van der Waals surface area contributed by atoms with Crippen molar-refractivity contribution >= 4 is 62.9 Å². The molecule has 7 aromatic rings. The summed E-state index contributed by atoms with van der Waals surface area (Å²) in [6, 6.07) is 30.6. The van der Waals surface area contributed by atoms with Crippen LogP contribution >= 0.6 is 23.2 Å². The van der Waals surface area contributed by atoms with Crippen molar-refractivity contribution < 1.29 is 23.6 Å². The molecule has 3 N–H and O–H groups in total. The van der Waals surface area contributed by atoms with E-state index in [-0.39, 0.29) is 118 Å². The van der Waals surface area contributed by atoms with E-state index in [1.54, 1.807) is 66.7 Å². The number of H-pyrrole nitrogens is 1. The number of carbonyl (C=O) groups is 4. The van der Waals surface area contributed by atoms with Crippen LogP contribution in [0.5, 0.6) is 0 Å². The van der Waals surface area contributed by atoms with Crippen LogP contribution in [0, 0.1) is 97.0 Å². The summed E-state index contributed by atoms with van der Waals surface area (Å²) >= 11 is 11.8. The molecule has 0 unspecified atom stereocenters.